The molecule has 0 radical (unpaired) electrons. The number of carbonyl (C=O) groups is 2. The number of rotatable bonds is 5. The molecule has 1 aliphatic heterocycles. The lowest BCUT2D eigenvalue weighted by Crippen LogP contribution is -2.37. The molecule has 2 amide bonds. The van der Waals surface area contributed by atoms with Gasteiger partial charge in [0.25, 0.3) is 0 Å². The molecule has 0 saturated carbocycles. The van der Waals surface area contributed by atoms with E-state index in [1.807, 2.05) is 12.1 Å². The van der Waals surface area contributed by atoms with Gasteiger partial charge in [0, 0.05) is 31.2 Å². The monoisotopic (exact) mass is 345 g/mol. The topological polar surface area (TPSA) is 72.4 Å². The summed E-state index contributed by atoms with van der Waals surface area (Å²) in [6.45, 7) is 1.10. The Labute approximate surface area is 145 Å². The van der Waals surface area contributed by atoms with Gasteiger partial charge in [-0.3, -0.25) is 9.59 Å². The van der Waals surface area contributed by atoms with Gasteiger partial charge in [0.05, 0.1) is 11.8 Å². The van der Waals surface area contributed by atoms with Crippen molar-refractivity contribution in [1.29, 1.82) is 0 Å². The van der Waals surface area contributed by atoms with E-state index in [1.165, 1.54) is 12.1 Å². The zero-order valence-corrected chi connectivity index (χ0v) is 13.7. The molecule has 6 nitrogen and oxygen atoms in total. The first-order chi connectivity index (χ1) is 12.1. The molecule has 25 heavy (non-hydrogen) atoms. The number of benzene rings is 1. The van der Waals surface area contributed by atoms with Crippen LogP contribution in [0.15, 0.2) is 42.7 Å². The number of hydrogen-bond acceptors (Lipinski definition) is 3. The van der Waals surface area contributed by atoms with Crippen LogP contribution in [0.4, 0.5) is 10.1 Å². The van der Waals surface area contributed by atoms with Crippen LogP contribution in [0.3, 0.4) is 0 Å². The SMILES string of the molecule is O=C(NCCC1CCCO1)C(=O)Nc1cc(-n2cccc2)ccc1F. The highest BCUT2D eigenvalue weighted by Gasteiger charge is 2.18. The van der Waals surface area contributed by atoms with Crippen molar-refractivity contribution in [3.63, 3.8) is 0 Å². The van der Waals surface area contributed by atoms with Crippen molar-refractivity contribution < 1.29 is 18.7 Å². The van der Waals surface area contributed by atoms with Gasteiger partial charge in [0.2, 0.25) is 0 Å². The second-order valence-electron chi connectivity index (χ2n) is 5.89. The van der Waals surface area contributed by atoms with E-state index in [2.05, 4.69) is 10.6 Å². The number of amides is 2. The quantitative estimate of drug-likeness (QED) is 0.817. The predicted octanol–water partition coefficient (Wildman–Crippen LogP) is 2.24. The van der Waals surface area contributed by atoms with Crippen molar-refractivity contribution in [2.75, 3.05) is 18.5 Å². The zero-order valence-electron chi connectivity index (χ0n) is 13.7. The van der Waals surface area contributed by atoms with Gasteiger partial charge in [0.15, 0.2) is 0 Å². The predicted molar refractivity (Wildman–Crippen MR) is 91.0 cm³/mol. The van der Waals surface area contributed by atoms with Crippen LogP contribution in [0.2, 0.25) is 0 Å². The lowest BCUT2D eigenvalue weighted by molar-refractivity contribution is -0.136. The third-order valence-electron chi connectivity index (χ3n) is 4.08. The Hall–Kier alpha value is -2.67. The van der Waals surface area contributed by atoms with E-state index in [-0.39, 0.29) is 11.8 Å². The highest BCUT2D eigenvalue weighted by atomic mass is 19.1. The van der Waals surface area contributed by atoms with Crippen LogP contribution in [0.1, 0.15) is 19.3 Å². The summed E-state index contributed by atoms with van der Waals surface area (Å²) in [4.78, 5) is 23.8. The number of nitrogens with one attached hydrogen (secondary N) is 2. The molecule has 1 aliphatic rings. The van der Waals surface area contributed by atoms with E-state index in [0.29, 0.717) is 18.7 Å². The first-order valence-electron chi connectivity index (χ1n) is 8.27. The maximum absolute atomic E-state index is 13.9. The summed E-state index contributed by atoms with van der Waals surface area (Å²) in [6.07, 6.45) is 6.40. The molecule has 0 bridgehead atoms. The molecule has 2 heterocycles. The molecule has 1 atom stereocenters. The molecular weight excluding hydrogens is 325 g/mol. The third-order valence-corrected chi connectivity index (χ3v) is 4.08. The summed E-state index contributed by atoms with van der Waals surface area (Å²) in [7, 11) is 0. The van der Waals surface area contributed by atoms with Crippen LogP contribution in [0.25, 0.3) is 5.69 Å². The first-order valence-corrected chi connectivity index (χ1v) is 8.27. The average Bonchev–Trinajstić information content (AvgIpc) is 3.30. The van der Waals surface area contributed by atoms with Gasteiger partial charge in [-0.15, -0.1) is 0 Å². The number of halogens is 1. The highest BCUT2D eigenvalue weighted by Crippen LogP contribution is 2.19. The van der Waals surface area contributed by atoms with Crippen LogP contribution in [-0.2, 0) is 14.3 Å². The van der Waals surface area contributed by atoms with Gasteiger partial charge in [-0.25, -0.2) is 4.39 Å². The Kier molecular flexibility index (Phi) is 5.45. The Balaban J connectivity index is 1.56. The Bertz CT molecular complexity index is 740. The van der Waals surface area contributed by atoms with Crippen molar-refractivity contribution in [1.82, 2.24) is 9.88 Å². The fourth-order valence-corrected chi connectivity index (χ4v) is 2.75. The number of ether oxygens (including phenoxy) is 1. The number of aromatic nitrogens is 1. The van der Waals surface area contributed by atoms with Crippen LogP contribution >= 0.6 is 0 Å². The van der Waals surface area contributed by atoms with Crippen LogP contribution < -0.4 is 10.6 Å². The second-order valence-corrected chi connectivity index (χ2v) is 5.89. The largest absolute Gasteiger partial charge is 0.378 e. The molecule has 0 aliphatic carbocycles. The molecule has 1 saturated heterocycles. The lowest BCUT2D eigenvalue weighted by Gasteiger charge is -2.11. The van der Waals surface area contributed by atoms with E-state index in [1.54, 1.807) is 23.0 Å². The molecule has 2 N–H and O–H groups in total. The molecule has 3 rings (SSSR count). The number of anilines is 1. The van der Waals surface area contributed by atoms with Crippen LogP contribution in [-0.4, -0.2) is 35.6 Å². The van der Waals surface area contributed by atoms with Crippen LogP contribution in [0, 0.1) is 5.82 Å². The Morgan fingerprint density at radius 1 is 1.24 bits per heavy atom. The Morgan fingerprint density at radius 2 is 2.04 bits per heavy atom. The van der Waals surface area contributed by atoms with Crippen molar-refractivity contribution in [2.45, 2.75) is 25.4 Å². The summed E-state index contributed by atoms with van der Waals surface area (Å²) in [6, 6.07) is 7.99. The fourth-order valence-electron chi connectivity index (χ4n) is 2.75. The van der Waals surface area contributed by atoms with E-state index >= 15 is 0 Å². The summed E-state index contributed by atoms with van der Waals surface area (Å²) >= 11 is 0. The molecule has 1 aromatic heterocycles. The molecule has 7 heteroatoms. The van der Waals surface area contributed by atoms with Crippen molar-refractivity contribution in [3.05, 3.63) is 48.5 Å². The van der Waals surface area contributed by atoms with E-state index in [0.717, 1.165) is 19.4 Å². The molecule has 1 fully saturated rings. The van der Waals surface area contributed by atoms with Gasteiger partial charge in [-0.2, -0.15) is 0 Å². The summed E-state index contributed by atoms with van der Waals surface area (Å²) in [5.74, 6) is -2.28. The molecule has 1 aromatic carbocycles. The van der Waals surface area contributed by atoms with Crippen LogP contribution in [0.5, 0.6) is 0 Å². The fraction of sp³-hybridized carbons (Fsp3) is 0.333. The summed E-state index contributed by atoms with van der Waals surface area (Å²) in [5.41, 5.74) is 0.644. The first kappa shape index (κ1) is 17.2. The van der Waals surface area contributed by atoms with Gasteiger partial charge < -0.3 is 19.9 Å². The smallest absolute Gasteiger partial charge is 0.313 e. The van der Waals surface area contributed by atoms with E-state index in [9.17, 15) is 14.0 Å². The minimum Gasteiger partial charge on any atom is -0.378 e. The number of nitrogens with zero attached hydrogens (tertiary/aromatic N) is 1. The maximum atomic E-state index is 13.9. The molecule has 2 aromatic rings. The number of carbonyl (C=O) groups excluding carboxylic acids is 2. The highest BCUT2D eigenvalue weighted by molar-refractivity contribution is 6.39. The van der Waals surface area contributed by atoms with Gasteiger partial charge in [-0.1, -0.05) is 0 Å². The Morgan fingerprint density at radius 3 is 2.76 bits per heavy atom. The standard InChI is InChI=1S/C18H20FN3O3/c19-15-6-5-13(22-9-1-2-10-22)12-16(15)21-18(24)17(23)20-8-7-14-4-3-11-25-14/h1-2,5-6,9-10,12,14H,3-4,7-8,11H2,(H,20,23)(H,21,24). The molecule has 0 spiro atoms. The lowest BCUT2D eigenvalue weighted by atomic mass is 10.2. The molecule has 132 valence electrons. The van der Waals surface area contributed by atoms with Crippen molar-refractivity contribution in [2.24, 2.45) is 0 Å². The second kappa shape index (κ2) is 7.94. The van der Waals surface area contributed by atoms with Crippen molar-refractivity contribution >= 4 is 17.5 Å². The van der Waals surface area contributed by atoms with Gasteiger partial charge >= 0.3 is 11.8 Å². The number of hydrogen-bond donors (Lipinski definition) is 2. The maximum Gasteiger partial charge on any atom is 0.313 e. The zero-order chi connectivity index (χ0) is 17.6. The minimum atomic E-state index is -0.893. The van der Waals surface area contributed by atoms with E-state index < -0.39 is 17.6 Å². The minimum absolute atomic E-state index is 0.0366. The third kappa shape index (κ3) is 4.45. The van der Waals surface area contributed by atoms with Crippen molar-refractivity contribution in [3.8, 4) is 5.69 Å². The molecule has 1 unspecified atom stereocenters. The van der Waals surface area contributed by atoms with Gasteiger partial charge in [0.1, 0.15) is 5.82 Å². The van der Waals surface area contributed by atoms with Gasteiger partial charge in [-0.05, 0) is 49.6 Å². The summed E-state index contributed by atoms with van der Waals surface area (Å²) < 4.78 is 21.1. The summed E-state index contributed by atoms with van der Waals surface area (Å²) in [5, 5.41) is 4.85. The normalized spacial score (nSPS) is 16.6. The van der Waals surface area contributed by atoms with E-state index in [4.69, 9.17) is 4.74 Å². The molecular formula is C18H20FN3O3. The average molecular weight is 345 g/mol.